The van der Waals surface area contributed by atoms with Crippen LogP contribution < -0.4 is 5.43 Å². The van der Waals surface area contributed by atoms with E-state index in [2.05, 4.69) is 37.9 Å². The Morgan fingerprint density at radius 3 is 2.30 bits per heavy atom. The molecule has 4 heteroatoms. The zero-order valence-electron chi connectivity index (χ0n) is 13.5. The predicted molar refractivity (Wildman–Crippen MR) is 90.6 cm³/mol. The molecule has 0 bridgehead atoms. The number of hydrogen-bond acceptors (Lipinski definition) is 3. The molecule has 0 aliphatic rings. The Bertz CT molecular complexity index is 326. The smallest absolute Gasteiger partial charge is 0.143 e. The highest BCUT2D eigenvalue weighted by atomic mass is 15.3. The van der Waals surface area contributed by atoms with E-state index in [1.165, 1.54) is 25.5 Å². The van der Waals surface area contributed by atoms with E-state index in [1.807, 2.05) is 0 Å². The van der Waals surface area contributed by atoms with Crippen LogP contribution in [-0.4, -0.2) is 19.2 Å². The Morgan fingerprint density at radius 1 is 1.20 bits per heavy atom. The molecule has 0 heterocycles. The highest BCUT2D eigenvalue weighted by molar-refractivity contribution is 6.79. The summed E-state index contributed by atoms with van der Waals surface area (Å²) in [6.07, 6.45) is 10.7. The molecule has 0 fully saturated rings. The zero-order chi connectivity index (χ0) is 15.4. The number of unbranched alkanes of at least 4 members (excludes halogenated alkanes) is 4. The van der Waals surface area contributed by atoms with Crippen molar-refractivity contribution in [1.29, 1.82) is 5.41 Å². The Hall–Kier alpha value is -1.06. The summed E-state index contributed by atoms with van der Waals surface area (Å²) >= 11 is 0. The second-order valence-electron chi connectivity index (χ2n) is 5.68. The van der Waals surface area contributed by atoms with E-state index >= 15 is 0 Å². The lowest BCUT2D eigenvalue weighted by Gasteiger charge is -2.31. The molecule has 0 aliphatic heterocycles. The van der Waals surface area contributed by atoms with Gasteiger partial charge in [0.05, 0.1) is 5.71 Å². The standard InChI is InChI=1S/C16H30BN3/c1-5-8-10-11-13-16(4,12-9-6-2)14(15(17)18)20-19-7-3/h7,18-19H,3,5-6,8-13H2,1-2,4H3. The number of hydrazone groups is 1. The van der Waals surface area contributed by atoms with Crippen molar-refractivity contribution in [3.8, 4) is 0 Å². The van der Waals surface area contributed by atoms with E-state index in [4.69, 9.17) is 13.3 Å². The van der Waals surface area contributed by atoms with Crippen molar-refractivity contribution in [2.45, 2.75) is 72.1 Å². The lowest BCUT2D eigenvalue weighted by molar-refractivity contribution is 0.364. The molecule has 0 rings (SSSR count). The third-order valence-corrected chi connectivity index (χ3v) is 3.76. The Morgan fingerprint density at radius 2 is 1.80 bits per heavy atom. The summed E-state index contributed by atoms with van der Waals surface area (Å²) in [4.78, 5) is 0. The van der Waals surface area contributed by atoms with Gasteiger partial charge >= 0.3 is 0 Å². The third-order valence-electron chi connectivity index (χ3n) is 3.76. The van der Waals surface area contributed by atoms with Crippen LogP contribution in [0.4, 0.5) is 0 Å². The summed E-state index contributed by atoms with van der Waals surface area (Å²) in [5, 5.41) is 12.1. The monoisotopic (exact) mass is 275 g/mol. The van der Waals surface area contributed by atoms with Crippen LogP contribution in [0.5, 0.6) is 0 Å². The summed E-state index contributed by atoms with van der Waals surface area (Å²) in [6.45, 7) is 10.2. The van der Waals surface area contributed by atoms with Crippen LogP contribution in [0.25, 0.3) is 0 Å². The first-order valence-electron chi connectivity index (χ1n) is 7.80. The number of rotatable bonds is 12. The molecule has 0 aromatic heterocycles. The molecule has 2 radical (unpaired) electrons. The fourth-order valence-electron chi connectivity index (χ4n) is 2.50. The topological polar surface area (TPSA) is 48.2 Å². The summed E-state index contributed by atoms with van der Waals surface area (Å²) in [7, 11) is 5.74. The average Bonchev–Trinajstić information content (AvgIpc) is 2.41. The van der Waals surface area contributed by atoms with Gasteiger partial charge in [0.1, 0.15) is 7.85 Å². The molecule has 1 atom stereocenters. The molecule has 2 N–H and O–H groups in total. The molecule has 3 nitrogen and oxygen atoms in total. The maximum absolute atomic E-state index is 7.81. The SMILES string of the molecule is [B]C(=N)C(=NNC=C)C(C)(CCCC)CCCCCC. The fraction of sp³-hybridized carbons (Fsp3) is 0.750. The molecule has 0 aromatic rings. The lowest BCUT2D eigenvalue weighted by atomic mass is 9.71. The Kier molecular flexibility index (Phi) is 10.1. The summed E-state index contributed by atoms with van der Waals surface area (Å²) < 4.78 is 0. The molecule has 20 heavy (non-hydrogen) atoms. The normalized spacial score (nSPS) is 14.7. The molecule has 1 unspecified atom stereocenters. The molecule has 0 saturated carbocycles. The van der Waals surface area contributed by atoms with Gasteiger partial charge in [-0.05, 0) is 12.8 Å². The minimum absolute atomic E-state index is 0.0634. The Balaban J connectivity index is 4.94. The van der Waals surface area contributed by atoms with Crippen LogP contribution >= 0.6 is 0 Å². The van der Waals surface area contributed by atoms with Crippen LogP contribution in [0, 0.1) is 10.8 Å². The van der Waals surface area contributed by atoms with E-state index in [-0.39, 0.29) is 11.0 Å². The first-order valence-corrected chi connectivity index (χ1v) is 7.80. The third kappa shape index (κ3) is 6.92. The number of nitrogens with one attached hydrogen (secondary N) is 2. The first kappa shape index (κ1) is 18.9. The highest BCUT2D eigenvalue weighted by Gasteiger charge is 2.30. The maximum Gasteiger partial charge on any atom is 0.143 e. The van der Waals surface area contributed by atoms with Crippen molar-refractivity contribution >= 4 is 19.2 Å². The van der Waals surface area contributed by atoms with Gasteiger partial charge in [0.25, 0.3) is 0 Å². The average molecular weight is 275 g/mol. The van der Waals surface area contributed by atoms with Gasteiger partial charge in [-0.1, -0.05) is 65.9 Å². The largest absolute Gasteiger partial charge is 0.315 e. The van der Waals surface area contributed by atoms with Crippen molar-refractivity contribution in [2.75, 3.05) is 0 Å². The van der Waals surface area contributed by atoms with E-state index < -0.39 is 0 Å². The van der Waals surface area contributed by atoms with Gasteiger partial charge in [-0.2, -0.15) is 5.10 Å². The van der Waals surface area contributed by atoms with Crippen molar-refractivity contribution in [1.82, 2.24) is 5.43 Å². The van der Waals surface area contributed by atoms with Crippen LogP contribution in [0.2, 0.25) is 0 Å². The van der Waals surface area contributed by atoms with Gasteiger partial charge in [-0.25, -0.2) is 0 Å². The minimum Gasteiger partial charge on any atom is -0.315 e. The molecule has 0 aliphatic carbocycles. The predicted octanol–water partition coefficient (Wildman–Crippen LogP) is 4.39. The van der Waals surface area contributed by atoms with E-state index in [0.717, 1.165) is 32.1 Å². The second kappa shape index (κ2) is 10.7. The van der Waals surface area contributed by atoms with E-state index in [1.54, 1.807) is 0 Å². The van der Waals surface area contributed by atoms with Gasteiger partial charge in [-0.3, -0.25) is 5.43 Å². The maximum atomic E-state index is 7.81. The second-order valence-corrected chi connectivity index (χ2v) is 5.68. The van der Waals surface area contributed by atoms with Crippen LogP contribution in [0.3, 0.4) is 0 Å². The summed E-state index contributed by atoms with van der Waals surface area (Å²) in [6, 6.07) is 0. The Labute approximate surface area is 126 Å². The van der Waals surface area contributed by atoms with Gasteiger partial charge in [0.2, 0.25) is 0 Å². The quantitative estimate of drug-likeness (QED) is 0.236. The molecule has 0 amide bonds. The number of nitrogens with zero attached hydrogens (tertiary/aromatic N) is 1. The van der Waals surface area contributed by atoms with Crippen LogP contribution in [-0.2, 0) is 0 Å². The van der Waals surface area contributed by atoms with Crippen molar-refractivity contribution < 1.29 is 0 Å². The molecular weight excluding hydrogens is 245 g/mol. The minimum atomic E-state index is -0.119. The molecule has 0 spiro atoms. The molecule has 0 aromatic carbocycles. The first-order chi connectivity index (χ1) is 9.51. The van der Waals surface area contributed by atoms with E-state index in [0.29, 0.717) is 5.71 Å². The van der Waals surface area contributed by atoms with Crippen molar-refractivity contribution in [3.63, 3.8) is 0 Å². The zero-order valence-corrected chi connectivity index (χ0v) is 13.5. The summed E-state index contributed by atoms with van der Waals surface area (Å²) in [5.41, 5.74) is 3.36. The van der Waals surface area contributed by atoms with Crippen LogP contribution in [0.15, 0.2) is 17.9 Å². The van der Waals surface area contributed by atoms with Crippen LogP contribution in [0.1, 0.15) is 72.1 Å². The van der Waals surface area contributed by atoms with Gasteiger partial charge < -0.3 is 5.41 Å². The molecule has 0 saturated heterocycles. The highest BCUT2D eigenvalue weighted by Crippen LogP contribution is 2.33. The van der Waals surface area contributed by atoms with Crippen molar-refractivity contribution in [3.05, 3.63) is 12.8 Å². The fourth-order valence-corrected chi connectivity index (χ4v) is 2.50. The van der Waals surface area contributed by atoms with Gasteiger partial charge in [0, 0.05) is 17.2 Å². The lowest BCUT2D eigenvalue weighted by Crippen LogP contribution is -2.35. The van der Waals surface area contributed by atoms with Gasteiger partial charge in [0.15, 0.2) is 0 Å². The summed E-state index contributed by atoms with van der Waals surface area (Å²) in [5.74, 6) is 0. The van der Waals surface area contributed by atoms with E-state index in [9.17, 15) is 0 Å². The molecule has 112 valence electrons. The van der Waals surface area contributed by atoms with Gasteiger partial charge in [-0.15, -0.1) is 0 Å². The molecular formula is C16H30BN3. The number of hydrogen-bond donors (Lipinski definition) is 2. The van der Waals surface area contributed by atoms with Crippen molar-refractivity contribution in [2.24, 2.45) is 10.5 Å².